The Kier molecular flexibility index (Phi) is 4.64. The fourth-order valence-electron chi connectivity index (χ4n) is 2.30. The van der Waals surface area contributed by atoms with Gasteiger partial charge in [0.2, 0.25) is 0 Å². The summed E-state index contributed by atoms with van der Waals surface area (Å²) in [7, 11) is 0. The smallest absolute Gasteiger partial charge is 0.0771 e. The van der Waals surface area contributed by atoms with Crippen LogP contribution in [0.3, 0.4) is 0 Å². The average molecular weight is 363 g/mol. The topological polar surface area (TPSA) is 32.3 Å². The molecular formula is C13H17Br2NO. The van der Waals surface area contributed by atoms with Crippen molar-refractivity contribution >= 4 is 31.9 Å². The maximum absolute atomic E-state index is 10.2. The van der Waals surface area contributed by atoms with E-state index in [1.54, 1.807) is 0 Å². The predicted molar refractivity (Wildman–Crippen MR) is 77.0 cm³/mol. The molecule has 0 aliphatic heterocycles. The molecule has 1 fully saturated rings. The van der Waals surface area contributed by atoms with Crippen molar-refractivity contribution < 1.29 is 5.11 Å². The molecule has 1 aromatic carbocycles. The van der Waals surface area contributed by atoms with E-state index in [1.807, 2.05) is 6.07 Å². The summed E-state index contributed by atoms with van der Waals surface area (Å²) in [5.74, 6) is 0. The number of benzene rings is 1. The minimum absolute atomic E-state index is 0.466. The van der Waals surface area contributed by atoms with Crippen LogP contribution in [0.1, 0.15) is 31.2 Å². The molecule has 1 saturated carbocycles. The summed E-state index contributed by atoms with van der Waals surface area (Å²) in [6.45, 7) is 1.49. The van der Waals surface area contributed by atoms with E-state index in [0.717, 1.165) is 41.2 Å². The van der Waals surface area contributed by atoms with Gasteiger partial charge < -0.3 is 10.4 Å². The number of hydrogen-bond acceptors (Lipinski definition) is 2. The Morgan fingerprint density at radius 2 is 1.88 bits per heavy atom. The van der Waals surface area contributed by atoms with E-state index in [1.165, 1.54) is 5.56 Å². The summed E-state index contributed by atoms with van der Waals surface area (Å²) >= 11 is 6.94. The van der Waals surface area contributed by atoms with E-state index in [2.05, 4.69) is 49.3 Å². The van der Waals surface area contributed by atoms with Crippen LogP contribution in [0.5, 0.6) is 0 Å². The van der Waals surface area contributed by atoms with Gasteiger partial charge in [0.05, 0.1) is 5.60 Å². The van der Waals surface area contributed by atoms with Crippen molar-refractivity contribution in [1.29, 1.82) is 0 Å². The first-order valence-corrected chi connectivity index (χ1v) is 7.55. The van der Waals surface area contributed by atoms with Crippen LogP contribution in [0.4, 0.5) is 0 Å². The van der Waals surface area contributed by atoms with Gasteiger partial charge in [0.25, 0.3) is 0 Å². The molecule has 2 nitrogen and oxygen atoms in total. The van der Waals surface area contributed by atoms with Gasteiger partial charge in [0, 0.05) is 22.0 Å². The van der Waals surface area contributed by atoms with E-state index in [-0.39, 0.29) is 0 Å². The first kappa shape index (κ1) is 13.5. The van der Waals surface area contributed by atoms with Crippen LogP contribution >= 0.6 is 31.9 Å². The lowest BCUT2D eigenvalue weighted by Crippen LogP contribution is -2.37. The highest BCUT2D eigenvalue weighted by molar-refractivity contribution is 9.13. The lowest BCUT2D eigenvalue weighted by atomic mass is 10.0. The summed E-state index contributed by atoms with van der Waals surface area (Å²) in [5, 5.41) is 13.5. The molecule has 0 spiro atoms. The zero-order chi connectivity index (χ0) is 12.3. The molecule has 0 saturated heterocycles. The van der Waals surface area contributed by atoms with Gasteiger partial charge in [-0.25, -0.2) is 0 Å². The molecule has 94 valence electrons. The van der Waals surface area contributed by atoms with E-state index >= 15 is 0 Å². The van der Waals surface area contributed by atoms with Crippen molar-refractivity contribution in [3.05, 3.63) is 32.7 Å². The third kappa shape index (κ3) is 3.78. The van der Waals surface area contributed by atoms with E-state index in [4.69, 9.17) is 0 Å². The van der Waals surface area contributed by atoms with Gasteiger partial charge in [0.15, 0.2) is 0 Å². The monoisotopic (exact) mass is 361 g/mol. The molecule has 1 aliphatic carbocycles. The minimum atomic E-state index is -0.466. The van der Waals surface area contributed by atoms with Gasteiger partial charge >= 0.3 is 0 Å². The van der Waals surface area contributed by atoms with Crippen LogP contribution in [-0.2, 0) is 6.54 Å². The lowest BCUT2D eigenvalue weighted by molar-refractivity contribution is 0.0475. The summed E-state index contributed by atoms with van der Waals surface area (Å²) < 4.78 is 2.13. The average Bonchev–Trinajstić information content (AvgIpc) is 2.71. The number of rotatable bonds is 4. The van der Waals surface area contributed by atoms with Gasteiger partial charge in [-0.1, -0.05) is 18.9 Å². The second-order valence-electron chi connectivity index (χ2n) is 4.78. The van der Waals surface area contributed by atoms with Crippen LogP contribution < -0.4 is 5.32 Å². The highest BCUT2D eigenvalue weighted by Gasteiger charge is 2.30. The van der Waals surface area contributed by atoms with Gasteiger partial charge in [-0.05, 0) is 62.4 Å². The molecule has 0 bridgehead atoms. The number of nitrogens with one attached hydrogen (secondary N) is 1. The minimum Gasteiger partial charge on any atom is -0.389 e. The summed E-state index contributed by atoms with van der Waals surface area (Å²) in [6.07, 6.45) is 4.18. The molecule has 0 heterocycles. The van der Waals surface area contributed by atoms with Crippen LogP contribution in [0.2, 0.25) is 0 Å². The van der Waals surface area contributed by atoms with Gasteiger partial charge in [-0.3, -0.25) is 0 Å². The summed E-state index contributed by atoms with van der Waals surface area (Å²) in [4.78, 5) is 0. The lowest BCUT2D eigenvalue weighted by Gasteiger charge is -2.22. The first-order chi connectivity index (χ1) is 8.09. The van der Waals surface area contributed by atoms with Crippen LogP contribution in [0.25, 0.3) is 0 Å². The second-order valence-corrected chi connectivity index (χ2v) is 6.49. The normalized spacial score (nSPS) is 18.5. The molecule has 0 aromatic heterocycles. The maximum atomic E-state index is 10.2. The first-order valence-electron chi connectivity index (χ1n) is 5.96. The van der Waals surface area contributed by atoms with E-state index in [0.29, 0.717) is 6.54 Å². The molecule has 0 radical (unpaired) electrons. The zero-order valence-electron chi connectivity index (χ0n) is 9.68. The van der Waals surface area contributed by atoms with Crippen molar-refractivity contribution in [2.24, 2.45) is 0 Å². The Labute approximate surface area is 119 Å². The second kappa shape index (κ2) is 5.83. The highest BCUT2D eigenvalue weighted by Crippen LogP contribution is 2.29. The Morgan fingerprint density at radius 3 is 2.53 bits per heavy atom. The SMILES string of the molecule is OC1(CNCc2ccc(Br)c(Br)c2)CCCC1. The summed E-state index contributed by atoms with van der Waals surface area (Å²) in [6, 6.07) is 6.21. The van der Waals surface area contributed by atoms with Gasteiger partial charge in [-0.2, -0.15) is 0 Å². The van der Waals surface area contributed by atoms with Crippen LogP contribution in [0, 0.1) is 0 Å². The summed E-state index contributed by atoms with van der Waals surface area (Å²) in [5.41, 5.74) is 0.758. The molecule has 1 aromatic rings. The molecular weight excluding hydrogens is 346 g/mol. The standard InChI is InChI=1S/C13H17Br2NO/c14-11-4-3-10(7-12(11)15)8-16-9-13(17)5-1-2-6-13/h3-4,7,16-17H,1-2,5-6,8-9H2. The van der Waals surface area contributed by atoms with Crippen molar-refractivity contribution in [3.8, 4) is 0 Å². The number of aliphatic hydroxyl groups is 1. The Hall–Kier alpha value is 0.1000. The predicted octanol–water partition coefficient (Wildman–Crippen LogP) is 3.61. The Balaban J connectivity index is 1.83. The molecule has 17 heavy (non-hydrogen) atoms. The van der Waals surface area contributed by atoms with E-state index in [9.17, 15) is 5.11 Å². The van der Waals surface area contributed by atoms with Crippen molar-refractivity contribution in [2.75, 3.05) is 6.54 Å². The zero-order valence-corrected chi connectivity index (χ0v) is 12.8. The fraction of sp³-hybridized carbons (Fsp3) is 0.538. The molecule has 2 N–H and O–H groups in total. The fourth-order valence-corrected chi connectivity index (χ4v) is 2.97. The quantitative estimate of drug-likeness (QED) is 0.857. The molecule has 0 atom stereocenters. The third-order valence-corrected chi connectivity index (χ3v) is 5.18. The van der Waals surface area contributed by atoms with Crippen LogP contribution in [0.15, 0.2) is 27.1 Å². The molecule has 0 unspecified atom stereocenters. The van der Waals surface area contributed by atoms with Crippen molar-refractivity contribution in [3.63, 3.8) is 0 Å². The van der Waals surface area contributed by atoms with E-state index < -0.39 is 5.60 Å². The van der Waals surface area contributed by atoms with Crippen molar-refractivity contribution in [1.82, 2.24) is 5.32 Å². The third-order valence-electron chi connectivity index (χ3n) is 3.30. The van der Waals surface area contributed by atoms with Gasteiger partial charge in [-0.15, -0.1) is 0 Å². The number of hydrogen-bond donors (Lipinski definition) is 2. The maximum Gasteiger partial charge on any atom is 0.0771 e. The molecule has 0 amide bonds. The molecule has 1 aliphatic rings. The highest BCUT2D eigenvalue weighted by atomic mass is 79.9. The molecule has 2 rings (SSSR count). The van der Waals surface area contributed by atoms with Gasteiger partial charge in [0.1, 0.15) is 0 Å². The molecule has 4 heteroatoms. The number of halogens is 2. The van der Waals surface area contributed by atoms with Crippen molar-refractivity contribution in [2.45, 2.75) is 37.8 Å². The van der Waals surface area contributed by atoms with Crippen LogP contribution in [-0.4, -0.2) is 17.3 Å². The Bertz CT molecular complexity index is 389. The largest absolute Gasteiger partial charge is 0.389 e. The Morgan fingerprint density at radius 1 is 1.18 bits per heavy atom.